The summed E-state index contributed by atoms with van der Waals surface area (Å²) in [7, 11) is 0. The van der Waals surface area contributed by atoms with Crippen molar-refractivity contribution in [3.63, 3.8) is 0 Å². The molecule has 1 N–H and O–H groups in total. The minimum atomic E-state index is -0.257. The van der Waals surface area contributed by atoms with E-state index in [0.29, 0.717) is 23.4 Å². The third-order valence-corrected chi connectivity index (χ3v) is 4.49. The van der Waals surface area contributed by atoms with Gasteiger partial charge in [-0.1, -0.05) is 37.1 Å². The van der Waals surface area contributed by atoms with Gasteiger partial charge in [0.1, 0.15) is 23.6 Å². The van der Waals surface area contributed by atoms with Gasteiger partial charge in [0.25, 0.3) is 0 Å². The second-order valence-corrected chi connectivity index (χ2v) is 6.47. The molecule has 0 fully saturated rings. The highest BCUT2D eigenvalue weighted by Gasteiger charge is 2.13. The van der Waals surface area contributed by atoms with Crippen LogP contribution in [0.1, 0.15) is 61.3 Å². The third kappa shape index (κ3) is 4.45. The summed E-state index contributed by atoms with van der Waals surface area (Å²) in [6.07, 6.45) is 7.34. The van der Waals surface area contributed by atoms with Crippen molar-refractivity contribution >= 4 is 5.78 Å². The summed E-state index contributed by atoms with van der Waals surface area (Å²) in [5.41, 5.74) is 1.63. The summed E-state index contributed by atoms with van der Waals surface area (Å²) in [6, 6.07) is 8.26. The lowest BCUT2D eigenvalue weighted by Gasteiger charge is -2.08. The normalized spacial score (nSPS) is 12.2. The standard InChI is InChI=1S/C20H22FN3O2/c1-14(7-3-2-4-10-19(25)17-11-12-26-24-17)20-22-13-18(23-20)15-8-5-6-9-16(15)21/h5-6,8-9,11-14H,2-4,7,10H2,1H3,(H,22,23). The van der Waals surface area contributed by atoms with Crippen LogP contribution in [-0.4, -0.2) is 20.9 Å². The number of nitrogens with one attached hydrogen (secondary N) is 1. The fourth-order valence-electron chi connectivity index (χ4n) is 2.94. The highest BCUT2D eigenvalue weighted by Crippen LogP contribution is 2.25. The molecule has 1 atom stereocenters. The topological polar surface area (TPSA) is 71.8 Å². The molecular formula is C20H22FN3O2. The molecule has 0 saturated heterocycles. The minimum absolute atomic E-state index is 0.0207. The summed E-state index contributed by atoms with van der Waals surface area (Å²) < 4.78 is 18.5. The number of hydrogen-bond donors (Lipinski definition) is 1. The highest BCUT2D eigenvalue weighted by atomic mass is 19.1. The van der Waals surface area contributed by atoms with E-state index in [0.717, 1.165) is 31.5 Å². The van der Waals surface area contributed by atoms with Crippen LogP contribution in [0.3, 0.4) is 0 Å². The van der Waals surface area contributed by atoms with Gasteiger partial charge in [0.05, 0.1) is 11.9 Å². The molecule has 0 bridgehead atoms. The number of carbonyl (C=O) groups is 1. The average Bonchev–Trinajstić information content (AvgIpc) is 3.33. The van der Waals surface area contributed by atoms with Crippen molar-refractivity contribution in [2.24, 2.45) is 0 Å². The lowest BCUT2D eigenvalue weighted by atomic mass is 10.0. The molecule has 1 unspecified atom stereocenters. The van der Waals surface area contributed by atoms with Gasteiger partial charge in [0, 0.05) is 24.0 Å². The first kappa shape index (κ1) is 18.0. The molecular weight excluding hydrogens is 333 g/mol. The second-order valence-electron chi connectivity index (χ2n) is 6.47. The maximum Gasteiger partial charge on any atom is 0.184 e. The van der Waals surface area contributed by atoms with E-state index in [4.69, 9.17) is 0 Å². The molecule has 0 aliphatic rings. The smallest absolute Gasteiger partial charge is 0.184 e. The summed E-state index contributed by atoms with van der Waals surface area (Å²) in [5, 5.41) is 3.65. The molecule has 1 aromatic carbocycles. The van der Waals surface area contributed by atoms with Crippen LogP contribution in [-0.2, 0) is 0 Å². The minimum Gasteiger partial charge on any atom is -0.364 e. The van der Waals surface area contributed by atoms with Gasteiger partial charge < -0.3 is 9.51 Å². The Balaban J connectivity index is 1.43. The van der Waals surface area contributed by atoms with Gasteiger partial charge in [-0.05, 0) is 25.0 Å². The number of imidazole rings is 1. The Bertz CT molecular complexity index is 842. The van der Waals surface area contributed by atoms with Gasteiger partial charge in [-0.25, -0.2) is 9.37 Å². The molecule has 2 aromatic heterocycles. The Morgan fingerprint density at radius 1 is 1.23 bits per heavy atom. The summed E-state index contributed by atoms with van der Waals surface area (Å²) in [5.74, 6) is 0.878. The maximum atomic E-state index is 13.9. The van der Waals surface area contributed by atoms with E-state index in [1.54, 1.807) is 24.4 Å². The third-order valence-electron chi connectivity index (χ3n) is 4.49. The van der Waals surface area contributed by atoms with Gasteiger partial charge in [-0.15, -0.1) is 0 Å². The first-order chi connectivity index (χ1) is 12.6. The SMILES string of the molecule is CC(CCCCCC(=O)c1ccon1)c1ncc(-c2ccccc2F)[nH]1. The van der Waals surface area contributed by atoms with Crippen LogP contribution < -0.4 is 0 Å². The summed E-state index contributed by atoms with van der Waals surface area (Å²) in [4.78, 5) is 19.4. The molecule has 0 radical (unpaired) electrons. The van der Waals surface area contributed by atoms with Gasteiger partial charge in [0.2, 0.25) is 0 Å². The molecule has 0 aliphatic carbocycles. The van der Waals surface area contributed by atoms with E-state index in [1.807, 2.05) is 6.07 Å². The number of ketones is 1. The van der Waals surface area contributed by atoms with E-state index in [-0.39, 0.29) is 17.5 Å². The van der Waals surface area contributed by atoms with Crippen LogP contribution in [0.4, 0.5) is 4.39 Å². The lowest BCUT2D eigenvalue weighted by Crippen LogP contribution is -2.00. The largest absolute Gasteiger partial charge is 0.364 e. The molecule has 0 spiro atoms. The number of halogens is 1. The first-order valence-electron chi connectivity index (χ1n) is 8.88. The average molecular weight is 355 g/mol. The van der Waals surface area contributed by atoms with Crippen LogP contribution in [0, 0.1) is 5.82 Å². The zero-order chi connectivity index (χ0) is 18.4. The molecule has 3 aromatic rings. The highest BCUT2D eigenvalue weighted by molar-refractivity contribution is 5.93. The molecule has 2 heterocycles. The number of nitrogens with zero attached hydrogens (tertiary/aromatic N) is 2. The molecule has 0 amide bonds. The Hall–Kier alpha value is -2.76. The van der Waals surface area contributed by atoms with E-state index in [1.165, 1.54) is 12.3 Å². The Morgan fingerprint density at radius 2 is 2.08 bits per heavy atom. The monoisotopic (exact) mass is 355 g/mol. The number of aromatic amines is 1. The van der Waals surface area contributed by atoms with Crippen molar-refractivity contribution in [3.05, 3.63) is 60.1 Å². The number of carbonyl (C=O) groups excluding carboxylic acids is 1. The summed E-state index contributed by atoms with van der Waals surface area (Å²) >= 11 is 0. The van der Waals surface area contributed by atoms with Gasteiger partial charge in [0.15, 0.2) is 5.78 Å². The van der Waals surface area contributed by atoms with Crippen LogP contribution >= 0.6 is 0 Å². The van der Waals surface area contributed by atoms with Gasteiger partial charge >= 0.3 is 0 Å². The van der Waals surface area contributed by atoms with E-state index < -0.39 is 0 Å². The molecule has 6 heteroatoms. The van der Waals surface area contributed by atoms with Crippen LogP contribution in [0.15, 0.2) is 47.3 Å². The van der Waals surface area contributed by atoms with Crippen LogP contribution in [0.5, 0.6) is 0 Å². The van der Waals surface area contributed by atoms with Crippen molar-refractivity contribution in [1.82, 2.24) is 15.1 Å². The Morgan fingerprint density at radius 3 is 2.85 bits per heavy atom. The van der Waals surface area contributed by atoms with Gasteiger partial charge in [-0.3, -0.25) is 4.79 Å². The number of hydrogen-bond acceptors (Lipinski definition) is 4. The number of Topliss-reactive ketones (excluding diaryl/α,β-unsaturated/α-hetero) is 1. The molecule has 26 heavy (non-hydrogen) atoms. The van der Waals surface area contributed by atoms with Crippen molar-refractivity contribution in [1.29, 1.82) is 0 Å². The number of unbranched alkanes of at least 4 members (excludes halogenated alkanes) is 2. The fraction of sp³-hybridized carbons (Fsp3) is 0.350. The van der Waals surface area contributed by atoms with Gasteiger partial charge in [-0.2, -0.15) is 0 Å². The molecule has 0 aliphatic heterocycles. The molecule has 0 saturated carbocycles. The first-order valence-corrected chi connectivity index (χ1v) is 8.88. The number of aromatic nitrogens is 3. The lowest BCUT2D eigenvalue weighted by molar-refractivity contribution is 0.0970. The second kappa shape index (κ2) is 8.56. The van der Waals surface area contributed by atoms with E-state index in [2.05, 4.69) is 26.6 Å². The summed E-state index contributed by atoms with van der Waals surface area (Å²) in [6.45, 7) is 2.10. The van der Waals surface area contributed by atoms with Crippen LogP contribution in [0.2, 0.25) is 0 Å². The predicted octanol–water partition coefficient (Wildman–Crippen LogP) is 5.14. The fourth-order valence-corrected chi connectivity index (χ4v) is 2.94. The van der Waals surface area contributed by atoms with E-state index in [9.17, 15) is 9.18 Å². The number of H-pyrrole nitrogens is 1. The Kier molecular flexibility index (Phi) is 5.94. The molecule has 5 nitrogen and oxygen atoms in total. The zero-order valence-corrected chi connectivity index (χ0v) is 14.7. The zero-order valence-electron chi connectivity index (χ0n) is 14.7. The number of rotatable bonds is 9. The van der Waals surface area contributed by atoms with E-state index >= 15 is 0 Å². The predicted molar refractivity (Wildman–Crippen MR) is 96.3 cm³/mol. The van der Waals surface area contributed by atoms with Crippen molar-refractivity contribution < 1.29 is 13.7 Å². The van der Waals surface area contributed by atoms with Crippen molar-refractivity contribution in [2.45, 2.75) is 44.9 Å². The quantitative estimate of drug-likeness (QED) is 0.426. The molecule has 3 rings (SSSR count). The Labute approximate surface area is 151 Å². The van der Waals surface area contributed by atoms with Crippen LogP contribution in [0.25, 0.3) is 11.3 Å². The number of benzene rings is 1. The van der Waals surface area contributed by atoms with Crippen molar-refractivity contribution in [3.8, 4) is 11.3 Å². The molecule has 136 valence electrons. The maximum absolute atomic E-state index is 13.9. The van der Waals surface area contributed by atoms with Crippen molar-refractivity contribution in [2.75, 3.05) is 0 Å².